The van der Waals surface area contributed by atoms with Gasteiger partial charge in [-0.25, -0.2) is 9.97 Å². The van der Waals surface area contributed by atoms with E-state index in [0.29, 0.717) is 0 Å². The first-order valence-corrected chi connectivity index (χ1v) is 8.94. The lowest BCUT2D eigenvalue weighted by molar-refractivity contribution is 0.282. The number of fused-ring (bicyclic) bond motifs is 1. The van der Waals surface area contributed by atoms with Gasteiger partial charge in [-0.15, -0.1) is 0 Å². The minimum Gasteiger partial charge on any atom is -0.392 e. The van der Waals surface area contributed by atoms with Gasteiger partial charge in [0, 0.05) is 19.3 Å². The number of aryl methyl sites for hydroxylation is 1. The molecule has 0 bridgehead atoms. The maximum Gasteiger partial charge on any atom is 0.143 e. The molecule has 5 nitrogen and oxygen atoms in total. The van der Waals surface area contributed by atoms with Crippen molar-refractivity contribution in [2.75, 3.05) is 11.9 Å². The molecule has 27 heavy (non-hydrogen) atoms. The van der Waals surface area contributed by atoms with Crippen LogP contribution in [-0.2, 0) is 13.2 Å². The number of H-pyrrole nitrogens is 1. The van der Waals surface area contributed by atoms with E-state index in [4.69, 9.17) is 0 Å². The van der Waals surface area contributed by atoms with Gasteiger partial charge in [0.2, 0.25) is 0 Å². The Morgan fingerprint density at radius 1 is 1.00 bits per heavy atom. The molecule has 2 heterocycles. The number of nitrogens with one attached hydrogen (secondary N) is 1. The Kier molecular flexibility index (Phi) is 4.60. The number of aromatic nitrogens is 3. The highest BCUT2D eigenvalue weighted by Crippen LogP contribution is 2.29. The topological polar surface area (TPSA) is 65.0 Å². The third-order valence-electron chi connectivity index (χ3n) is 4.72. The Morgan fingerprint density at radius 3 is 2.56 bits per heavy atom. The maximum absolute atomic E-state index is 9.22. The average Bonchev–Trinajstić information content (AvgIpc) is 3.12. The molecule has 0 aliphatic carbocycles. The fourth-order valence-corrected chi connectivity index (χ4v) is 3.34. The van der Waals surface area contributed by atoms with Crippen molar-refractivity contribution in [2.45, 2.75) is 20.1 Å². The summed E-state index contributed by atoms with van der Waals surface area (Å²) >= 11 is 0. The number of rotatable bonds is 5. The standard InChI is InChI=1S/C22H22N4O/c1-15-4-3-5-17(10-15)12-26(2)22-19-11-20(25-21(19)23-14-24-22)18-8-6-16(13-27)7-9-18/h3-11,14,27H,12-13H2,1-2H3,(H,23,24,25). The van der Waals surface area contributed by atoms with Crippen LogP contribution in [0.15, 0.2) is 60.9 Å². The highest BCUT2D eigenvalue weighted by atomic mass is 16.3. The van der Waals surface area contributed by atoms with Crippen LogP contribution in [0, 0.1) is 6.92 Å². The number of hydrogen-bond donors (Lipinski definition) is 2. The third-order valence-corrected chi connectivity index (χ3v) is 4.72. The van der Waals surface area contributed by atoms with Crippen LogP contribution >= 0.6 is 0 Å². The number of aromatic amines is 1. The largest absolute Gasteiger partial charge is 0.392 e. The molecular formula is C22H22N4O. The predicted molar refractivity (Wildman–Crippen MR) is 109 cm³/mol. The number of aliphatic hydroxyl groups excluding tert-OH is 1. The molecule has 0 radical (unpaired) electrons. The normalized spacial score (nSPS) is 11.1. The van der Waals surface area contributed by atoms with Crippen LogP contribution in [0.3, 0.4) is 0 Å². The number of aliphatic hydroxyl groups is 1. The van der Waals surface area contributed by atoms with Crippen LogP contribution in [0.5, 0.6) is 0 Å². The Morgan fingerprint density at radius 2 is 1.81 bits per heavy atom. The molecule has 0 saturated carbocycles. The third kappa shape index (κ3) is 3.55. The fourth-order valence-electron chi connectivity index (χ4n) is 3.34. The molecule has 2 N–H and O–H groups in total. The summed E-state index contributed by atoms with van der Waals surface area (Å²) in [6.45, 7) is 2.93. The highest BCUT2D eigenvalue weighted by Gasteiger charge is 2.13. The lowest BCUT2D eigenvalue weighted by Gasteiger charge is -2.19. The molecule has 136 valence electrons. The zero-order chi connectivity index (χ0) is 18.8. The van der Waals surface area contributed by atoms with Gasteiger partial charge in [0.25, 0.3) is 0 Å². The summed E-state index contributed by atoms with van der Waals surface area (Å²) < 4.78 is 0. The van der Waals surface area contributed by atoms with Crippen molar-refractivity contribution in [1.29, 1.82) is 0 Å². The molecule has 0 aliphatic heterocycles. The van der Waals surface area contributed by atoms with E-state index in [0.717, 1.165) is 40.2 Å². The van der Waals surface area contributed by atoms with E-state index in [1.165, 1.54) is 11.1 Å². The second kappa shape index (κ2) is 7.21. The van der Waals surface area contributed by atoms with Gasteiger partial charge in [0.1, 0.15) is 17.8 Å². The zero-order valence-corrected chi connectivity index (χ0v) is 15.5. The monoisotopic (exact) mass is 358 g/mol. The van der Waals surface area contributed by atoms with E-state index < -0.39 is 0 Å². The minimum atomic E-state index is 0.0480. The second-order valence-corrected chi connectivity index (χ2v) is 6.84. The van der Waals surface area contributed by atoms with Gasteiger partial charge in [-0.1, -0.05) is 54.1 Å². The fraction of sp³-hybridized carbons (Fsp3) is 0.182. The molecule has 0 unspecified atom stereocenters. The van der Waals surface area contributed by atoms with Gasteiger partial charge in [-0.3, -0.25) is 0 Å². The van der Waals surface area contributed by atoms with Crippen molar-refractivity contribution in [3.8, 4) is 11.3 Å². The van der Waals surface area contributed by atoms with E-state index in [2.05, 4.69) is 57.1 Å². The van der Waals surface area contributed by atoms with Gasteiger partial charge in [-0.05, 0) is 29.7 Å². The van der Waals surface area contributed by atoms with Crippen LogP contribution in [0.25, 0.3) is 22.3 Å². The summed E-state index contributed by atoms with van der Waals surface area (Å²) in [7, 11) is 2.05. The molecule has 0 amide bonds. The molecule has 4 rings (SSSR count). The van der Waals surface area contributed by atoms with E-state index in [9.17, 15) is 5.11 Å². The summed E-state index contributed by atoms with van der Waals surface area (Å²) in [5.41, 5.74) is 6.26. The summed E-state index contributed by atoms with van der Waals surface area (Å²) in [5.74, 6) is 0.899. The molecule has 5 heteroatoms. The first-order valence-electron chi connectivity index (χ1n) is 8.94. The summed E-state index contributed by atoms with van der Waals surface area (Å²) in [6, 6.07) is 18.5. The van der Waals surface area contributed by atoms with Crippen LogP contribution < -0.4 is 4.90 Å². The predicted octanol–water partition coefficient (Wildman–Crippen LogP) is 4.06. The summed E-state index contributed by atoms with van der Waals surface area (Å²) in [5, 5.41) is 10.2. The first-order chi connectivity index (χ1) is 13.1. The van der Waals surface area contributed by atoms with Crippen molar-refractivity contribution < 1.29 is 5.11 Å². The Hall–Kier alpha value is -3.18. The quantitative estimate of drug-likeness (QED) is 0.565. The van der Waals surface area contributed by atoms with E-state index >= 15 is 0 Å². The number of hydrogen-bond acceptors (Lipinski definition) is 4. The van der Waals surface area contributed by atoms with E-state index in [1.54, 1.807) is 6.33 Å². The van der Waals surface area contributed by atoms with Crippen molar-refractivity contribution in [3.63, 3.8) is 0 Å². The molecule has 4 aromatic rings. The Bertz CT molecular complexity index is 1070. The maximum atomic E-state index is 9.22. The second-order valence-electron chi connectivity index (χ2n) is 6.84. The van der Waals surface area contributed by atoms with Crippen molar-refractivity contribution in [2.24, 2.45) is 0 Å². The molecule has 0 aliphatic rings. The van der Waals surface area contributed by atoms with Crippen LogP contribution in [0.4, 0.5) is 5.82 Å². The van der Waals surface area contributed by atoms with Gasteiger partial charge in [0.05, 0.1) is 12.0 Å². The van der Waals surface area contributed by atoms with Gasteiger partial charge in [0.15, 0.2) is 0 Å². The smallest absolute Gasteiger partial charge is 0.143 e. The first kappa shape index (κ1) is 17.2. The summed E-state index contributed by atoms with van der Waals surface area (Å²) in [6.07, 6.45) is 1.60. The molecule has 0 fully saturated rings. The molecule has 0 atom stereocenters. The average molecular weight is 358 g/mol. The highest BCUT2D eigenvalue weighted by molar-refractivity contribution is 5.91. The van der Waals surface area contributed by atoms with Gasteiger partial charge >= 0.3 is 0 Å². The molecule has 0 spiro atoms. The molecule has 0 saturated heterocycles. The number of anilines is 1. The molecular weight excluding hydrogens is 336 g/mol. The lowest BCUT2D eigenvalue weighted by Crippen LogP contribution is -2.18. The van der Waals surface area contributed by atoms with E-state index in [-0.39, 0.29) is 6.61 Å². The van der Waals surface area contributed by atoms with Crippen molar-refractivity contribution in [1.82, 2.24) is 15.0 Å². The number of nitrogens with zero attached hydrogens (tertiary/aromatic N) is 3. The Labute approximate surface area is 158 Å². The zero-order valence-electron chi connectivity index (χ0n) is 15.5. The van der Waals surface area contributed by atoms with Crippen molar-refractivity contribution >= 4 is 16.9 Å². The van der Waals surface area contributed by atoms with Gasteiger partial charge < -0.3 is 15.0 Å². The van der Waals surface area contributed by atoms with Gasteiger partial charge in [-0.2, -0.15) is 0 Å². The summed E-state index contributed by atoms with van der Waals surface area (Å²) in [4.78, 5) is 14.4. The Balaban J connectivity index is 1.68. The number of benzene rings is 2. The molecule has 2 aromatic heterocycles. The molecule has 2 aromatic carbocycles. The minimum absolute atomic E-state index is 0.0480. The van der Waals surface area contributed by atoms with Crippen LogP contribution in [-0.4, -0.2) is 27.1 Å². The van der Waals surface area contributed by atoms with E-state index in [1.807, 2.05) is 31.3 Å². The van der Waals surface area contributed by atoms with Crippen LogP contribution in [0.2, 0.25) is 0 Å². The van der Waals surface area contributed by atoms with Crippen LogP contribution in [0.1, 0.15) is 16.7 Å². The van der Waals surface area contributed by atoms with Crippen molar-refractivity contribution in [3.05, 3.63) is 77.6 Å². The SMILES string of the molecule is Cc1cccc(CN(C)c2ncnc3[nH]c(-c4ccc(CO)cc4)cc23)c1. The lowest BCUT2D eigenvalue weighted by atomic mass is 10.1.